The van der Waals surface area contributed by atoms with Crippen LogP contribution in [0.1, 0.15) is 36.8 Å². The summed E-state index contributed by atoms with van der Waals surface area (Å²) in [6, 6.07) is 15.7. The third-order valence-electron chi connectivity index (χ3n) is 6.58. The Morgan fingerprint density at radius 3 is 2.47 bits per heavy atom. The third-order valence-corrected chi connectivity index (χ3v) is 6.58. The van der Waals surface area contributed by atoms with Gasteiger partial charge in [-0.3, -0.25) is 9.36 Å². The number of anilines is 1. The molecule has 0 radical (unpaired) electrons. The highest BCUT2D eigenvalue weighted by Crippen LogP contribution is 2.31. The van der Waals surface area contributed by atoms with E-state index in [2.05, 4.69) is 5.32 Å². The van der Waals surface area contributed by atoms with Gasteiger partial charge in [0.15, 0.2) is 5.65 Å². The molecule has 174 valence electrons. The molecule has 34 heavy (non-hydrogen) atoms. The molecule has 1 aliphatic rings. The van der Waals surface area contributed by atoms with Crippen LogP contribution in [0, 0.1) is 19.7 Å². The Labute approximate surface area is 197 Å². The second-order valence-electron chi connectivity index (χ2n) is 9.04. The quantitative estimate of drug-likeness (QED) is 0.454. The molecule has 0 saturated heterocycles. The Hall–Kier alpha value is -3.58. The first-order valence-corrected chi connectivity index (χ1v) is 11.6. The van der Waals surface area contributed by atoms with Crippen LogP contribution in [-0.4, -0.2) is 31.8 Å². The Morgan fingerprint density at radius 1 is 0.971 bits per heavy atom. The van der Waals surface area contributed by atoms with Crippen molar-refractivity contribution in [1.82, 2.24) is 14.5 Å². The summed E-state index contributed by atoms with van der Waals surface area (Å²) < 4.78 is 15.5. The topological polar surface area (TPSA) is 80.0 Å². The monoisotopic (exact) mass is 458 g/mol. The number of benzene rings is 2. The average Bonchev–Trinajstić information content (AvgIpc) is 2.81. The highest BCUT2D eigenvalue weighted by atomic mass is 19.1. The summed E-state index contributed by atoms with van der Waals surface area (Å²) in [5.74, 6) is 0.107. The summed E-state index contributed by atoms with van der Waals surface area (Å²) in [5.41, 5.74) is 4.19. The summed E-state index contributed by atoms with van der Waals surface area (Å²) in [7, 11) is 0. The van der Waals surface area contributed by atoms with E-state index in [9.17, 15) is 14.3 Å². The number of pyridine rings is 1. The minimum atomic E-state index is -0.310. The molecule has 0 unspecified atom stereocenters. The zero-order chi connectivity index (χ0) is 23.8. The molecule has 0 bridgehead atoms. The second kappa shape index (κ2) is 8.99. The molecule has 6 nitrogen and oxygen atoms in total. The summed E-state index contributed by atoms with van der Waals surface area (Å²) in [4.78, 5) is 22.7. The van der Waals surface area contributed by atoms with Crippen LogP contribution in [0.2, 0.25) is 0 Å². The van der Waals surface area contributed by atoms with Crippen molar-refractivity contribution in [3.05, 3.63) is 81.9 Å². The Morgan fingerprint density at radius 2 is 1.74 bits per heavy atom. The van der Waals surface area contributed by atoms with Gasteiger partial charge < -0.3 is 10.4 Å². The normalized spacial score (nSPS) is 18.2. The lowest BCUT2D eigenvalue weighted by molar-refractivity contribution is 0.126. The molecule has 7 heteroatoms. The largest absolute Gasteiger partial charge is 0.393 e. The van der Waals surface area contributed by atoms with Gasteiger partial charge in [0.2, 0.25) is 5.95 Å². The molecule has 1 saturated carbocycles. The molecule has 0 aliphatic heterocycles. The van der Waals surface area contributed by atoms with E-state index in [1.54, 1.807) is 16.7 Å². The number of halogens is 1. The van der Waals surface area contributed by atoms with Crippen LogP contribution in [0.3, 0.4) is 0 Å². The number of para-hydroxylation sites is 1. The predicted molar refractivity (Wildman–Crippen MR) is 132 cm³/mol. The van der Waals surface area contributed by atoms with Crippen LogP contribution in [0.15, 0.2) is 59.4 Å². The lowest BCUT2D eigenvalue weighted by atomic mass is 9.93. The summed E-state index contributed by atoms with van der Waals surface area (Å²) in [6.45, 7) is 3.80. The molecule has 1 fully saturated rings. The molecule has 2 heterocycles. The van der Waals surface area contributed by atoms with Crippen LogP contribution in [0.4, 0.5) is 10.3 Å². The van der Waals surface area contributed by atoms with Crippen molar-refractivity contribution in [3.8, 4) is 16.9 Å². The fraction of sp³-hybridized carbons (Fsp3) is 0.296. The number of aryl methyl sites for hydroxylation is 2. The maximum Gasteiger partial charge on any atom is 0.256 e. The van der Waals surface area contributed by atoms with E-state index in [4.69, 9.17) is 9.97 Å². The van der Waals surface area contributed by atoms with Gasteiger partial charge >= 0.3 is 0 Å². The molecule has 1 aliphatic carbocycles. The minimum absolute atomic E-state index is 0.130. The van der Waals surface area contributed by atoms with Gasteiger partial charge in [-0.05, 0) is 81.0 Å². The number of aliphatic hydroxyl groups excluding tert-OH is 1. The zero-order valence-corrected chi connectivity index (χ0v) is 19.3. The number of fused-ring (bicyclic) bond motifs is 1. The van der Waals surface area contributed by atoms with Gasteiger partial charge in [0.25, 0.3) is 5.56 Å². The molecule has 2 aromatic heterocycles. The molecular formula is C27H27FN4O2. The van der Waals surface area contributed by atoms with Crippen LogP contribution < -0.4 is 10.9 Å². The highest BCUT2D eigenvalue weighted by molar-refractivity contribution is 5.93. The first-order valence-electron chi connectivity index (χ1n) is 11.6. The SMILES string of the molecule is Cc1cc(F)ccc1-c1nc(NC2CCC(O)CC2)nc2c1ccc(=O)n2-c1ccccc1C. The van der Waals surface area contributed by atoms with Crippen LogP contribution in [0.5, 0.6) is 0 Å². The molecule has 0 atom stereocenters. The smallest absolute Gasteiger partial charge is 0.256 e. The van der Waals surface area contributed by atoms with E-state index < -0.39 is 0 Å². The Kier molecular flexibility index (Phi) is 5.87. The van der Waals surface area contributed by atoms with Crippen molar-refractivity contribution in [1.29, 1.82) is 0 Å². The van der Waals surface area contributed by atoms with Gasteiger partial charge in [0.1, 0.15) is 5.82 Å². The number of nitrogens with zero attached hydrogens (tertiary/aromatic N) is 3. The van der Waals surface area contributed by atoms with Gasteiger partial charge in [0, 0.05) is 23.1 Å². The van der Waals surface area contributed by atoms with Gasteiger partial charge in [-0.2, -0.15) is 4.98 Å². The maximum atomic E-state index is 13.9. The fourth-order valence-electron chi connectivity index (χ4n) is 4.73. The predicted octanol–water partition coefficient (Wildman–Crippen LogP) is 4.92. The van der Waals surface area contributed by atoms with Crippen molar-refractivity contribution >= 4 is 17.0 Å². The van der Waals surface area contributed by atoms with Crippen molar-refractivity contribution in [3.63, 3.8) is 0 Å². The molecule has 4 aromatic rings. The molecule has 0 spiro atoms. The van der Waals surface area contributed by atoms with E-state index in [-0.39, 0.29) is 23.5 Å². The minimum Gasteiger partial charge on any atom is -0.393 e. The average molecular weight is 459 g/mol. The zero-order valence-electron chi connectivity index (χ0n) is 19.3. The van der Waals surface area contributed by atoms with Crippen molar-refractivity contribution in [2.75, 3.05) is 5.32 Å². The first kappa shape index (κ1) is 22.2. The van der Waals surface area contributed by atoms with E-state index in [1.165, 1.54) is 18.2 Å². The lowest BCUT2D eigenvalue weighted by Crippen LogP contribution is -2.29. The molecule has 2 N–H and O–H groups in total. The lowest BCUT2D eigenvalue weighted by Gasteiger charge is -2.26. The summed E-state index contributed by atoms with van der Waals surface area (Å²) in [6.07, 6.45) is 2.81. The highest BCUT2D eigenvalue weighted by Gasteiger charge is 2.22. The summed E-state index contributed by atoms with van der Waals surface area (Å²) in [5, 5.41) is 14.0. The fourth-order valence-corrected chi connectivity index (χ4v) is 4.73. The molecule has 0 amide bonds. The van der Waals surface area contributed by atoms with Crippen LogP contribution in [0.25, 0.3) is 28.0 Å². The van der Waals surface area contributed by atoms with Gasteiger partial charge in [-0.1, -0.05) is 18.2 Å². The maximum absolute atomic E-state index is 13.9. The van der Waals surface area contributed by atoms with Crippen LogP contribution in [-0.2, 0) is 0 Å². The van der Waals surface area contributed by atoms with Crippen molar-refractivity contribution in [2.24, 2.45) is 0 Å². The van der Waals surface area contributed by atoms with Crippen LogP contribution >= 0.6 is 0 Å². The Bertz CT molecular complexity index is 1420. The number of hydrogen-bond acceptors (Lipinski definition) is 5. The number of nitrogens with one attached hydrogen (secondary N) is 1. The van der Waals surface area contributed by atoms with E-state index >= 15 is 0 Å². The van der Waals surface area contributed by atoms with Crippen molar-refractivity contribution < 1.29 is 9.50 Å². The first-order chi connectivity index (χ1) is 16.4. The third kappa shape index (κ3) is 4.19. The molecule has 5 rings (SSSR count). The summed E-state index contributed by atoms with van der Waals surface area (Å²) >= 11 is 0. The molecular weight excluding hydrogens is 431 g/mol. The van der Waals surface area contributed by atoms with Gasteiger partial charge in [0.05, 0.1) is 17.5 Å². The van der Waals surface area contributed by atoms with Gasteiger partial charge in [-0.15, -0.1) is 0 Å². The standard InChI is InChI=1S/C27H27FN4O2/c1-16-5-3-4-6-23(16)32-24(34)14-13-22-25(21-12-7-18(28)15-17(21)2)30-27(31-26(22)32)29-19-8-10-20(33)11-9-19/h3-7,12-15,19-20,33H,8-11H2,1-2H3,(H,29,30,31). The number of rotatable bonds is 4. The van der Waals surface area contributed by atoms with E-state index in [1.807, 2.05) is 38.1 Å². The van der Waals surface area contributed by atoms with E-state index in [0.717, 1.165) is 48.1 Å². The van der Waals surface area contributed by atoms with Gasteiger partial charge in [-0.25, -0.2) is 9.37 Å². The Balaban J connectivity index is 1.75. The number of hydrogen-bond donors (Lipinski definition) is 2. The molecule has 2 aromatic carbocycles. The number of aromatic nitrogens is 3. The van der Waals surface area contributed by atoms with E-state index in [0.29, 0.717) is 22.7 Å². The number of aliphatic hydroxyl groups is 1. The van der Waals surface area contributed by atoms with Crippen molar-refractivity contribution in [2.45, 2.75) is 51.7 Å². The second-order valence-corrected chi connectivity index (χ2v) is 9.04.